The normalized spacial score (nSPS) is 16.9. The summed E-state index contributed by atoms with van der Waals surface area (Å²) in [6.07, 6.45) is 3.72. The Kier molecular flexibility index (Phi) is 3.02. The second kappa shape index (κ2) is 4.82. The Morgan fingerprint density at radius 2 is 1.89 bits per heavy atom. The summed E-state index contributed by atoms with van der Waals surface area (Å²) in [6, 6.07) is 9.64. The molecular formula is C14H17N3O. The van der Waals surface area contributed by atoms with Crippen LogP contribution in [-0.4, -0.2) is 23.1 Å². The lowest BCUT2D eigenvalue weighted by Crippen LogP contribution is -2.35. The van der Waals surface area contributed by atoms with Crippen LogP contribution in [0.4, 0.5) is 5.82 Å². The number of benzene rings is 1. The Morgan fingerprint density at radius 3 is 2.72 bits per heavy atom. The summed E-state index contributed by atoms with van der Waals surface area (Å²) in [7, 11) is 0. The van der Waals surface area contributed by atoms with Crippen LogP contribution in [0.2, 0.25) is 0 Å². The van der Waals surface area contributed by atoms with E-state index in [0.29, 0.717) is 0 Å². The van der Waals surface area contributed by atoms with Crippen molar-refractivity contribution >= 4 is 16.6 Å². The molecule has 1 fully saturated rings. The number of pyridine rings is 1. The van der Waals surface area contributed by atoms with E-state index in [-0.39, 0.29) is 5.56 Å². The Balaban J connectivity index is 1.90. The maximum absolute atomic E-state index is 11.9. The quantitative estimate of drug-likeness (QED) is 0.851. The number of aromatic amines is 1. The number of aromatic nitrogens is 1. The first-order valence-corrected chi connectivity index (χ1v) is 6.46. The molecule has 3 rings (SSSR count). The summed E-state index contributed by atoms with van der Waals surface area (Å²) >= 11 is 0. The van der Waals surface area contributed by atoms with Crippen molar-refractivity contribution in [3.63, 3.8) is 0 Å². The van der Waals surface area contributed by atoms with Gasteiger partial charge in [0, 0.05) is 18.5 Å². The maximum Gasteiger partial charge on any atom is 0.257 e. The van der Waals surface area contributed by atoms with E-state index in [2.05, 4.69) is 15.4 Å². The molecule has 18 heavy (non-hydrogen) atoms. The first kappa shape index (κ1) is 11.3. The zero-order valence-corrected chi connectivity index (χ0v) is 10.3. The Labute approximate surface area is 106 Å². The minimum atomic E-state index is -0.0346. The Bertz CT molecular complexity index is 599. The van der Waals surface area contributed by atoms with Crippen molar-refractivity contribution in [3.8, 4) is 0 Å². The number of nitrogens with one attached hydrogen (secondary N) is 2. The van der Waals surface area contributed by atoms with Crippen molar-refractivity contribution in [2.24, 2.45) is 0 Å². The van der Waals surface area contributed by atoms with Crippen LogP contribution >= 0.6 is 0 Å². The molecule has 2 N–H and O–H groups in total. The van der Waals surface area contributed by atoms with Gasteiger partial charge in [0.15, 0.2) is 0 Å². The number of H-pyrrole nitrogens is 1. The van der Waals surface area contributed by atoms with Gasteiger partial charge in [0.05, 0.1) is 0 Å². The van der Waals surface area contributed by atoms with Crippen molar-refractivity contribution in [2.75, 3.05) is 18.5 Å². The summed E-state index contributed by atoms with van der Waals surface area (Å²) in [6.45, 7) is 2.07. The predicted molar refractivity (Wildman–Crippen MR) is 73.6 cm³/mol. The molecule has 1 aliphatic rings. The summed E-state index contributed by atoms with van der Waals surface area (Å²) < 4.78 is 0. The average Bonchev–Trinajstić information content (AvgIpc) is 2.40. The van der Waals surface area contributed by atoms with Crippen LogP contribution in [0, 0.1) is 0 Å². The van der Waals surface area contributed by atoms with Gasteiger partial charge in [-0.3, -0.25) is 4.79 Å². The molecule has 4 nitrogen and oxygen atoms in total. The number of hydrogen-bond donors (Lipinski definition) is 2. The summed E-state index contributed by atoms with van der Waals surface area (Å²) in [5.74, 6) is 0.778. The third-order valence-electron chi connectivity index (χ3n) is 3.39. The molecule has 1 aliphatic heterocycles. The molecule has 0 saturated carbocycles. The van der Waals surface area contributed by atoms with Gasteiger partial charge >= 0.3 is 0 Å². The molecule has 0 aliphatic carbocycles. The van der Waals surface area contributed by atoms with Gasteiger partial charge < -0.3 is 10.4 Å². The first-order chi connectivity index (χ1) is 8.83. The highest BCUT2D eigenvalue weighted by Gasteiger charge is 2.10. The lowest BCUT2D eigenvalue weighted by molar-refractivity contribution is 0.272. The van der Waals surface area contributed by atoms with Crippen molar-refractivity contribution in [3.05, 3.63) is 40.7 Å². The second-order valence-corrected chi connectivity index (χ2v) is 4.76. The SMILES string of the molecule is O=c1[nH]c(NN2CCCCC2)cc2ccccc12. The van der Waals surface area contributed by atoms with Crippen LogP contribution in [0.5, 0.6) is 0 Å². The van der Waals surface area contributed by atoms with E-state index < -0.39 is 0 Å². The third-order valence-corrected chi connectivity index (χ3v) is 3.39. The highest BCUT2D eigenvalue weighted by atomic mass is 16.1. The Hall–Kier alpha value is -1.81. The van der Waals surface area contributed by atoms with Gasteiger partial charge in [-0.1, -0.05) is 24.6 Å². The molecule has 0 bridgehead atoms. The highest BCUT2D eigenvalue weighted by molar-refractivity contribution is 5.83. The van der Waals surface area contributed by atoms with E-state index in [1.807, 2.05) is 30.3 Å². The zero-order valence-electron chi connectivity index (χ0n) is 10.3. The van der Waals surface area contributed by atoms with Crippen LogP contribution in [0.3, 0.4) is 0 Å². The Morgan fingerprint density at radius 1 is 1.11 bits per heavy atom. The van der Waals surface area contributed by atoms with Crippen LogP contribution in [0.1, 0.15) is 19.3 Å². The van der Waals surface area contributed by atoms with Crippen molar-refractivity contribution in [1.29, 1.82) is 0 Å². The fourth-order valence-electron chi connectivity index (χ4n) is 2.45. The fourth-order valence-corrected chi connectivity index (χ4v) is 2.45. The smallest absolute Gasteiger partial charge is 0.257 e. The monoisotopic (exact) mass is 243 g/mol. The van der Waals surface area contributed by atoms with E-state index in [0.717, 1.165) is 29.7 Å². The van der Waals surface area contributed by atoms with Crippen LogP contribution < -0.4 is 11.0 Å². The summed E-state index contributed by atoms with van der Waals surface area (Å²) in [5, 5.41) is 3.88. The van der Waals surface area contributed by atoms with Gasteiger partial charge in [-0.05, 0) is 30.4 Å². The maximum atomic E-state index is 11.9. The molecule has 2 heterocycles. The van der Waals surface area contributed by atoms with E-state index in [4.69, 9.17) is 0 Å². The summed E-state index contributed by atoms with van der Waals surface area (Å²) in [4.78, 5) is 14.8. The van der Waals surface area contributed by atoms with Gasteiger partial charge in [0.1, 0.15) is 5.82 Å². The van der Waals surface area contributed by atoms with Gasteiger partial charge in [-0.25, -0.2) is 5.01 Å². The van der Waals surface area contributed by atoms with Crippen LogP contribution in [0.25, 0.3) is 10.8 Å². The van der Waals surface area contributed by atoms with Crippen molar-refractivity contribution in [1.82, 2.24) is 9.99 Å². The molecular weight excluding hydrogens is 226 g/mol. The van der Waals surface area contributed by atoms with E-state index in [9.17, 15) is 4.79 Å². The highest BCUT2D eigenvalue weighted by Crippen LogP contribution is 2.15. The number of piperidine rings is 1. The number of fused-ring (bicyclic) bond motifs is 1. The van der Waals surface area contributed by atoms with Crippen molar-refractivity contribution < 1.29 is 0 Å². The minimum absolute atomic E-state index is 0.0346. The number of hydrazine groups is 1. The molecule has 1 saturated heterocycles. The van der Waals surface area contributed by atoms with E-state index in [1.54, 1.807) is 0 Å². The lowest BCUT2D eigenvalue weighted by Gasteiger charge is -2.27. The third kappa shape index (κ3) is 2.24. The molecule has 1 aromatic carbocycles. The number of hydrogen-bond acceptors (Lipinski definition) is 3. The largest absolute Gasteiger partial charge is 0.307 e. The molecule has 1 aromatic heterocycles. The molecule has 0 atom stereocenters. The topological polar surface area (TPSA) is 48.1 Å². The molecule has 0 radical (unpaired) electrons. The average molecular weight is 243 g/mol. The van der Waals surface area contributed by atoms with E-state index in [1.165, 1.54) is 19.3 Å². The van der Waals surface area contributed by atoms with Crippen LogP contribution in [0.15, 0.2) is 35.1 Å². The predicted octanol–water partition coefficient (Wildman–Crippen LogP) is 2.34. The molecule has 2 aromatic rings. The summed E-state index contributed by atoms with van der Waals surface area (Å²) in [5.41, 5.74) is 3.26. The number of nitrogens with zero attached hydrogens (tertiary/aromatic N) is 1. The van der Waals surface area contributed by atoms with Gasteiger partial charge in [0.25, 0.3) is 5.56 Å². The van der Waals surface area contributed by atoms with Gasteiger partial charge in [-0.2, -0.15) is 0 Å². The molecule has 0 unspecified atom stereocenters. The molecule has 4 heteroatoms. The molecule has 94 valence electrons. The fraction of sp³-hybridized carbons (Fsp3) is 0.357. The van der Waals surface area contributed by atoms with Gasteiger partial charge in [-0.15, -0.1) is 0 Å². The van der Waals surface area contributed by atoms with Gasteiger partial charge in [0.2, 0.25) is 0 Å². The number of rotatable bonds is 2. The second-order valence-electron chi connectivity index (χ2n) is 4.76. The van der Waals surface area contributed by atoms with Crippen LogP contribution in [-0.2, 0) is 0 Å². The minimum Gasteiger partial charge on any atom is -0.307 e. The zero-order chi connectivity index (χ0) is 12.4. The van der Waals surface area contributed by atoms with E-state index >= 15 is 0 Å². The standard InChI is InChI=1S/C14H17N3O/c18-14-12-7-3-2-6-11(12)10-13(15-14)16-17-8-4-1-5-9-17/h2-3,6-7,10H,1,4-5,8-9H2,(H2,15,16,18). The number of anilines is 1. The molecule has 0 amide bonds. The lowest BCUT2D eigenvalue weighted by atomic mass is 10.1. The van der Waals surface area contributed by atoms with Crippen molar-refractivity contribution in [2.45, 2.75) is 19.3 Å². The molecule has 0 spiro atoms. The first-order valence-electron chi connectivity index (χ1n) is 6.46.